The normalized spacial score (nSPS) is 16.3. The second-order valence-electron chi connectivity index (χ2n) is 4.90. The van der Waals surface area contributed by atoms with Crippen LogP contribution in [0.15, 0.2) is 18.2 Å². The van der Waals surface area contributed by atoms with Gasteiger partial charge in [-0.05, 0) is 49.7 Å². The summed E-state index contributed by atoms with van der Waals surface area (Å²) in [6.07, 6.45) is 6.19. The Kier molecular flexibility index (Phi) is 4.53. The summed E-state index contributed by atoms with van der Waals surface area (Å²) >= 11 is 5.25. The van der Waals surface area contributed by atoms with E-state index < -0.39 is 0 Å². The van der Waals surface area contributed by atoms with Crippen LogP contribution < -0.4 is 10.6 Å². The minimum atomic E-state index is -0.208. The fraction of sp³-hybridized carbons (Fsp3) is 0.500. The molecular formula is C14H19FN2S. The lowest BCUT2D eigenvalue weighted by Gasteiger charge is -2.24. The molecule has 2 N–H and O–H groups in total. The summed E-state index contributed by atoms with van der Waals surface area (Å²) in [5, 5.41) is 6.92. The number of benzene rings is 1. The fourth-order valence-electron chi connectivity index (χ4n) is 2.27. The van der Waals surface area contributed by atoms with Gasteiger partial charge in [-0.2, -0.15) is 0 Å². The van der Waals surface area contributed by atoms with E-state index in [0.29, 0.717) is 22.4 Å². The molecule has 2 rings (SSSR count). The molecule has 0 aromatic heterocycles. The highest BCUT2D eigenvalue weighted by atomic mass is 32.1. The van der Waals surface area contributed by atoms with Crippen molar-refractivity contribution in [2.75, 3.05) is 5.32 Å². The average molecular weight is 266 g/mol. The van der Waals surface area contributed by atoms with Crippen molar-refractivity contribution in [1.29, 1.82) is 0 Å². The van der Waals surface area contributed by atoms with Crippen LogP contribution in [0.1, 0.15) is 37.7 Å². The monoisotopic (exact) mass is 266 g/mol. The van der Waals surface area contributed by atoms with Gasteiger partial charge in [0.15, 0.2) is 5.11 Å². The maximum absolute atomic E-state index is 13.4. The molecule has 1 aliphatic rings. The first kappa shape index (κ1) is 13.3. The van der Waals surface area contributed by atoms with Crippen molar-refractivity contribution in [2.24, 2.45) is 0 Å². The number of aryl methyl sites for hydroxylation is 1. The summed E-state index contributed by atoms with van der Waals surface area (Å²) in [4.78, 5) is 0. The van der Waals surface area contributed by atoms with Crippen molar-refractivity contribution in [3.8, 4) is 0 Å². The molecule has 0 spiro atoms. The minimum Gasteiger partial charge on any atom is -0.360 e. The van der Waals surface area contributed by atoms with E-state index in [1.807, 2.05) is 6.07 Å². The maximum Gasteiger partial charge on any atom is 0.170 e. The smallest absolute Gasteiger partial charge is 0.170 e. The Morgan fingerprint density at radius 2 is 2.00 bits per heavy atom. The first-order valence-corrected chi connectivity index (χ1v) is 6.89. The number of rotatable bonds is 2. The van der Waals surface area contributed by atoms with Gasteiger partial charge < -0.3 is 10.6 Å². The molecule has 0 saturated heterocycles. The van der Waals surface area contributed by atoms with E-state index in [2.05, 4.69) is 10.6 Å². The molecule has 1 aliphatic carbocycles. The van der Waals surface area contributed by atoms with E-state index in [0.717, 1.165) is 0 Å². The lowest BCUT2D eigenvalue weighted by molar-refractivity contribution is 0.415. The van der Waals surface area contributed by atoms with Gasteiger partial charge in [0, 0.05) is 11.7 Å². The average Bonchev–Trinajstić information content (AvgIpc) is 2.35. The van der Waals surface area contributed by atoms with E-state index in [-0.39, 0.29) is 5.82 Å². The van der Waals surface area contributed by atoms with Crippen LogP contribution in [-0.2, 0) is 0 Å². The van der Waals surface area contributed by atoms with Crippen molar-refractivity contribution in [3.63, 3.8) is 0 Å². The van der Waals surface area contributed by atoms with Crippen LogP contribution >= 0.6 is 12.2 Å². The summed E-state index contributed by atoms with van der Waals surface area (Å²) in [5.41, 5.74) is 1.35. The molecule has 1 aromatic carbocycles. The standard InChI is InChI=1S/C14H19FN2S/c1-10-7-8-12(9-13(10)15)17-14(18)16-11-5-3-2-4-6-11/h7-9,11H,2-6H2,1H3,(H2,16,17,18). The van der Waals surface area contributed by atoms with Gasteiger partial charge in [-0.25, -0.2) is 4.39 Å². The Labute approximate surface area is 113 Å². The van der Waals surface area contributed by atoms with E-state index in [1.165, 1.54) is 38.2 Å². The number of halogens is 1. The van der Waals surface area contributed by atoms with Gasteiger partial charge >= 0.3 is 0 Å². The van der Waals surface area contributed by atoms with Gasteiger partial charge in [-0.15, -0.1) is 0 Å². The molecule has 4 heteroatoms. The first-order chi connectivity index (χ1) is 8.65. The van der Waals surface area contributed by atoms with Crippen molar-refractivity contribution in [2.45, 2.75) is 45.1 Å². The van der Waals surface area contributed by atoms with E-state index in [9.17, 15) is 4.39 Å². The molecule has 98 valence electrons. The second-order valence-corrected chi connectivity index (χ2v) is 5.31. The fourth-order valence-corrected chi connectivity index (χ4v) is 2.55. The SMILES string of the molecule is Cc1ccc(NC(=S)NC2CCCCC2)cc1F. The van der Waals surface area contributed by atoms with Crippen molar-refractivity contribution < 1.29 is 4.39 Å². The molecule has 0 radical (unpaired) electrons. The topological polar surface area (TPSA) is 24.1 Å². The molecule has 1 aromatic rings. The molecule has 0 unspecified atom stereocenters. The molecule has 0 amide bonds. The zero-order valence-corrected chi connectivity index (χ0v) is 11.4. The quantitative estimate of drug-likeness (QED) is 0.797. The third-order valence-electron chi connectivity index (χ3n) is 3.37. The Morgan fingerprint density at radius 3 is 2.67 bits per heavy atom. The minimum absolute atomic E-state index is 0.208. The lowest BCUT2D eigenvalue weighted by Crippen LogP contribution is -2.38. The van der Waals surface area contributed by atoms with Crippen LogP contribution in [0.5, 0.6) is 0 Å². The zero-order chi connectivity index (χ0) is 13.0. The largest absolute Gasteiger partial charge is 0.360 e. The Hall–Kier alpha value is -1.16. The molecule has 0 aliphatic heterocycles. The van der Waals surface area contributed by atoms with Gasteiger partial charge in [0.05, 0.1) is 0 Å². The molecule has 0 heterocycles. The maximum atomic E-state index is 13.4. The van der Waals surface area contributed by atoms with Crippen LogP contribution in [0.2, 0.25) is 0 Å². The molecular weight excluding hydrogens is 247 g/mol. The third-order valence-corrected chi connectivity index (χ3v) is 3.59. The predicted molar refractivity (Wildman–Crippen MR) is 77.4 cm³/mol. The van der Waals surface area contributed by atoms with Gasteiger partial charge in [0.2, 0.25) is 0 Å². The van der Waals surface area contributed by atoms with Crippen molar-refractivity contribution in [3.05, 3.63) is 29.6 Å². The summed E-state index contributed by atoms with van der Waals surface area (Å²) < 4.78 is 13.4. The Bertz CT molecular complexity index is 428. The number of anilines is 1. The van der Waals surface area contributed by atoms with Crippen LogP contribution in [-0.4, -0.2) is 11.2 Å². The highest BCUT2D eigenvalue weighted by Crippen LogP contribution is 2.18. The van der Waals surface area contributed by atoms with Crippen LogP contribution in [0.25, 0.3) is 0 Å². The summed E-state index contributed by atoms with van der Waals surface area (Å²) in [7, 11) is 0. The molecule has 1 fully saturated rings. The Balaban J connectivity index is 1.88. The predicted octanol–water partition coefficient (Wildman–Crippen LogP) is 3.75. The van der Waals surface area contributed by atoms with E-state index in [1.54, 1.807) is 13.0 Å². The van der Waals surface area contributed by atoms with Crippen LogP contribution in [0, 0.1) is 12.7 Å². The highest BCUT2D eigenvalue weighted by molar-refractivity contribution is 7.80. The van der Waals surface area contributed by atoms with Gasteiger partial charge in [-0.3, -0.25) is 0 Å². The number of hydrogen-bond donors (Lipinski definition) is 2. The van der Waals surface area contributed by atoms with Gasteiger partial charge in [0.1, 0.15) is 5.82 Å². The summed E-state index contributed by atoms with van der Waals surface area (Å²) in [6, 6.07) is 5.53. The second kappa shape index (κ2) is 6.14. The highest BCUT2D eigenvalue weighted by Gasteiger charge is 2.14. The number of thiocarbonyl (C=S) groups is 1. The van der Waals surface area contributed by atoms with Crippen LogP contribution in [0.4, 0.5) is 10.1 Å². The van der Waals surface area contributed by atoms with E-state index in [4.69, 9.17) is 12.2 Å². The number of hydrogen-bond acceptors (Lipinski definition) is 1. The third kappa shape index (κ3) is 3.67. The van der Waals surface area contributed by atoms with Crippen LogP contribution in [0.3, 0.4) is 0 Å². The molecule has 2 nitrogen and oxygen atoms in total. The molecule has 0 bridgehead atoms. The Morgan fingerprint density at radius 1 is 1.28 bits per heavy atom. The summed E-state index contributed by atoms with van der Waals surface area (Å²) in [6.45, 7) is 1.75. The van der Waals surface area contributed by atoms with E-state index >= 15 is 0 Å². The molecule has 0 atom stereocenters. The first-order valence-electron chi connectivity index (χ1n) is 6.49. The summed E-state index contributed by atoms with van der Waals surface area (Å²) in [5.74, 6) is -0.208. The van der Waals surface area contributed by atoms with Gasteiger partial charge in [-0.1, -0.05) is 25.3 Å². The zero-order valence-electron chi connectivity index (χ0n) is 10.6. The molecule has 1 saturated carbocycles. The van der Waals surface area contributed by atoms with Crippen molar-refractivity contribution >= 4 is 23.0 Å². The molecule has 18 heavy (non-hydrogen) atoms. The lowest BCUT2D eigenvalue weighted by atomic mass is 9.96. The van der Waals surface area contributed by atoms with Crippen molar-refractivity contribution in [1.82, 2.24) is 5.32 Å². The van der Waals surface area contributed by atoms with Gasteiger partial charge in [0.25, 0.3) is 0 Å². The number of nitrogens with one attached hydrogen (secondary N) is 2.